The Balaban J connectivity index is 3.84. The third-order valence-corrected chi connectivity index (χ3v) is 2.78. The van der Waals surface area contributed by atoms with Crippen LogP contribution in [0.15, 0.2) is 0 Å². The first-order valence-corrected chi connectivity index (χ1v) is 5.94. The van der Waals surface area contributed by atoms with Gasteiger partial charge in [-0.1, -0.05) is 36.2 Å². The number of carbonyl (C=O) groups is 2. The van der Waals surface area contributed by atoms with E-state index in [0.29, 0.717) is 0 Å². The fourth-order valence-corrected chi connectivity index (χ4v) is 1.49. The Morgan fingerprint density at radius 1 is 1.47 bits per heavy atom. The van der Waals surface area contributed by atoms with Crippen molar-refractivity contribution in [3.05, 3.63) is 0 Å². The molecule has 0 rings (SSSR count). The van der Waals surface area contributed by atoms with E-state index >= 15 is 0 Å². The number of methoxy groups -OCH3 is 1. The van der Waals surface area contributed by atoms with Gasteiger partial charge >= 0.3 is 5.97 Å². The summed E-state index contributed by atoms with van der Waals surface area (Å²) in [6.07, 6.45) is 1.83. The minimum Gasteiger partial charge on any atom is -0.468 e. The predicted molar refractivity (Wildman–Crippen MR) is 61.8 cm³/mol. The standard InChI is InChI=1S/C10H18BrNO3/c1-4-5-7(2)9(13)12-6-8(11)10(14)15-3/h7-8H,4-6H2,1-3H3,(H,12,13). The van der Waals surface area contributed by atoms with E-state index < -0.39 is 4.83 Å². The molecule has 0 aromatic rings. The zero-order valence-electron chi connectivity index (χ0n) is 9.38. The molecule has 1 amide bonds. The summed E-state index contributed by atoms with van der Waals surface area (Å²) in [5.74, 6) is -0.406. The monoisotopic (exact) mass is 279 g/mol. The van der Waals surface area contributed by atoms with E-state index in [-0.39, 0.29) is 24.3 Å². The third kappa shape index (κ3) is 5.77. The number of nitrogens with one attached hydrogen (secondary N) is 1. The van der Waals surface area contributed by atoms with Crippen molar-refractivity contribution in [3.63, 3.8) is 0 Å². The van der Waals surface area contributed by atoms with Gasteiger partial charge in [-0.15, -0.1) is 0 Å². The molecule has 0 aliphatic rings. The fraction of sp³-hybridized carbons (Fsp3) is 0.800. The van der Waals surface area contributed by atoms with Gasteiger partial charge in [-0.25, -0.2) is 0 Å². The maximum atomic E-state index is 11.5. The summed E-state index contributed by atoms with van der Waals surface area (Å²) >= 11 is 3.13. The van der Waals surface area contributed by atoms with E-state index in [1.807, 2.05) is 13.8 Å². The Labute approximate surface area is 98.9 Å². The highest BCUT2D eigenvalue weighted by atomic mass is 79.9. The minimum atomic E-state index is -0.472. The lowest BCUT2D eigenvalue weighted by molar-refractivity contribution is -0.139. The van der Waals surface area contributed by atoms with E-state index in [1.165, 1.54) is 7.11 Å². The van der Waals surface area contributed by atoms with Crippen LogP contribution in [0, 0.1) is 5.92 Å². The zero-order valence-corrected chi connectivity index (χ0v) is 11.0. The molecule has 5 heteroatoms. The van der Waals surface area contributed by atoms with Gasteiger partial charge in [0.05, 0.1) is 7.11 Å². The predicted octanol–water partition coefficient (Wildman–Crippen LogP) is 1.48. The molecule has 15 heavy (non-hydrogen) atoms. The van der Waals surface area contributed by atoms with Crippen molar-refractivity contribution < 1.29 is 14.3 Å². The number of amides is 1. The van der Waals surface area contributed by atoms with E-state index in [9.17, 15) is 9.59 Å². The van der Waals surface area contributed by atoms with Crippen molar-refractivity contribution >= 4 is 27.8 Å². The SMILES string of the molecule is CCCC(C)C(=O)NCC(Br)C(=O)OC. The van der Waals surface area contributed by atoms with Crippen LogP contribution in [0.25, 0.3) is 0 Å². The molecule has 0 aliphatic carbocycles. The Morgan fingerprint density at radius 2 is 2.07 bits per heavy atom. The average Bonchev–Trinajstić information content (AvgIpc) is 2.24. The van der Waals surface area contributed by atoms with Gasteiger partial charge in [0.2, 0.25) is 5.91 Å². The van der Waals surface area contributed by atoms with Crippen LogP contribution in [0.5, 0.6) is 0 Å². The van der Waals surface area contributed by atoms with Crippen molar-refractivity contribution in [3.8, 4) is 0 Å². The number of hydrogen-bond acceptors (Lipinski definition) is 3. The molecule has 0 saturated heterocycles. The average molecular weight is 280 g/mol. The first-order chi connectivity index (χ1) is 7.02. The van der Waals surface area contributed by atoms with E-state index in [1.54, 1.807) is 0 Å². The van der Waals surface area contributed by atoms with E-state index in [2.05, 4.69) is 26.0 Å². The molecule has 4 nitrogen and oxygen atoms in total. The molecule has 2 unspecified atom stereocenters. The summed E-state index contributed by atoms with van der Waals surface area (Å²) in [6.45, 7) is 4.17. The molecular weight excluding hydrogens is 262 g/mol. The van der Waals surface area contributed by atoms with Crippen molar-refractivity contribution in [2.45, 2.75) is 31.5 Å². The van der Waals surface area contributed by atoms with Gasteiger partial charge in [-0.05, 0) is 6.42 Å². The lowest BCUT2D eigenvalue weighted by Gasteiger charge is -2.13. The summed E-state index contributed by atoms with van der Waals surface area (Å²) in [5.41, 5.74) is 0. The smallest absolute Gasteiger partial charge is 0.321 e. The molecular formula is C10H18BrNO3. The van der Waals surface area contributed by atoms with Crippen molar-refractivity contribution in [1.82, 2.24) is 5.32 Å². The largest absolute Gasteiger partial charge is 0.468 e. The summed E-state index contributed by atoms with van der Waals surface area (Å²) in [7, 11) is 1.32. The number of halogens is 1. The van der Waals surface area contributed by atoms with Crippen LogP contribution >= 0.6 is 15.9 Å². The number of alkyl halides is 1. The molecule has 1 N–H and O–H groups in total. The van der Waals surface area contributed by atoms with Crippen LogP contribution in [-0.2, 0) is 14.3 Å². The molecule has 88 valence electrons. The van der Waals surface area contributed by atoms with Gasteiger partial charge in [0.15, 0.2) is 0 Å². The molecule has 0 heterocycles. The summed E-state index contributed by atoms with van der Waals surface area (Å²) in [6, 6.07) is 0. The van der Waals surface area contributed by atoms with Gasteiger partial charge < -0.3 is 10.1 Å². The normalized spacial score (nSPS) is 14.1. The Morgan fingerprint density at radius 3 is 2.53 bits per heavy atom. The summed E-state index contributed by atoms with van der Waals surface area (Å²) in [4.78, 5) is 22.0. The Hall–Kier alpha value is -0.580. The Kier molecular flexibility index (Phi) is 7.38. The second-order valence-corrected chi connectivity index (χ2v) is 4.53. The lowest BCUT2D eigenvalue weighted by atomic mass is 10.1. The number of ether oxygens (including phenoxy) is 1. The maximum Gasteiger partial charge on any atom is 0.321 e. The van der Waals surface area contributed by atoms with E-state index in [0.717, 1.165) is 12.8 Å². The fourth-order valence-electron chi connectivity index (χ4n) is 1.14. The molecule has 0 radical (unpaired) electrons. The number of carbonyl (C=O) groups excluding carboxylic acids is 2. The molecule has 0 spiro atoms. The van der Waals surface area contributed by atoms with Crippen LogP contribution in [0.3, 0.4) is 0 Å². The number of esters is 1. The molecule has 0 aromatic carbocycles. The molecule has 2 atom stereocenters. The molecule has 0 aromatic heterocycles. The molecule has 0 bridgehead atoms. The first kappa shape index (κ1) is 14.4. The number of rotatable bonds is 6. The van der Waals surface area contributed by atoms with Gasteiger partial charge in [0.25, 0.3) is 0 Å². The topological polar surface area (TPSA) is 55.4 Å². The van der Waals surface area contributed by atoms with Crippen LogP contribution in [0.1, 0.15) is 26.7 Å². The van der Waals surface area contributed by atoms with Gasteiger partial charge in [0, 0.05) is 12.5 Å². The van der Waals surface area contributed by atoms with Crippen molar-refractivity contribution in [1.29, 1.82) is 0 Å². The molecule has 0 fully saturated rings. The van der Waals surface area contributed by atoms with Gasteiger partial charge in [0.1, 0.15) is 4.83 Å². The minimum absolute atomic E-state index is 0.00709. The van der Waals surface area contributed by atoms with Crippen LogP contribution in [0.2, 0.25) is 0 Å². The number of hydrogen-bond donors (Lipinski definition) is 1. The first-order valence-electron chi connectivity index (χ1n) is 5.02. The summed E-state index contributed by atoms with van der Waals surface area (Å²) in [5, 5.41) is 2.70. The molecule has 0 saturated carbocycles. The third-order valence-electron chi connectivity index (χ3n) is 2.08. The highest BCUT2D eigenvalue weighted by molar-refractivity contribution is 9.10. The highest BCUT2D eigenvalue weighted by Crippen LogP contribution is 2.05. The van der Waals surface area contributed by atoms with Gasteiger partial charge in [-0.2, -0.15) is 0 Å². The maximum absolute atomic E-state index is 11.5. The summed E-state index contributed by atoms with van der Waals surface area (Å²) < 4.78 is 4.52. The van der Waals surface area contributed by atoms with Crippen LogP contribution < -0.4 is 5.32 Å². The van der Waals surface area contributed by atoms with Crippen molar-refractivity contribution in [2.75, 3.05) is 13.7 Å². The van der Waals surface area contributed by atoms with Crippen LogP contribution in [-0.4, -0.2) is 30.4 Å². The van der Waals surface area contributed by atoms with Crippen molar-refractivity contribution in [2.24, 2.45) is 5.92 Å². The lowest BCUT2D eigenvalue weighted by Crippen LogP contribution is -2.36. The highest BCUT2D eigenvalue weighted by Gasteiger charge is 2.18. The quantitative estimate of drug-likeness (QED) is 0.592. The Bertz CT molecular complexity index is 221. The van der Waals surface area contributed by atoms with Crippen LogP contribution in [0.4, 0.5) is 0 Å². The van der Waals surface area contributed by atoms with Gasteiger partial charge in [-0.3, -0.25) is 9.59 Å². The second kappa shape index (κ2) is 7.68. The second-order valence-electron chi connectivity index (χ2n) is 3.43. The van der Waals surface area contributed by atoms with E-state index in [4.69, 9.17) is 0 Å². The molecule has 0 aliphatic heterocycles. The zero-order chi connectivity index (χ0) is 11.8.